The fourth-order valence-electron chi connectivity index (χ4n) is 3.64. The van der Waals surface area contributed by atoms with Gasteiger partial charge in [-0.1, -0.05) is 0 Å². The van der Waals surface area contributed by atoms with Crippen molar-refractivity contribution in [3.8, 4) is 0 Å². The molecule has 1 unspecified atom stereocenters. The fourth-order valence-corrected chi connectivity index (χ4v) is 21.2. The van der Waals surface area contributed by atoms with Gasteiger partial charge in [0.15, 0.2) is 0 Å². The molecule has 0 aromatic rings. The molecule has 1 N–H and O–H groups in total. The zero-order valence-electron chi connectivity index (χ0n) is 15.7. The van der Waals surface area contributed by atoms with Crippen LogP contribution in [-0.2, 0) is 0 Å². The van der Waals surface area contributed by atoms with Crippen molar-refractivity contribution in [1.82, 2.24) is 0 Å². The topological polar surface area (TPSA) is 20.2 Å². The SMILES string of the molecule is C=CCCC(O)/[C](=C/C)[Sn]([CH2]CCC)([CH2]CCC)[CH2]CCC. The molecule has 130 valence electrons. The van der Waals surface area contributed by atoms with Crippen molar-refractivity contribution >= 4 is 18.4 Å². The molecule has 0 aliphatic rings. The molecular weight excluding hydrogens is 375 g/mol. The van der Waals surface area contributed by atoms with Crippen molar-refractivity contribution in [3.05, 3.63) is 22.3 Å². The summed E-state index contributed by atoms with van der Waals surface area (Å²) in [5.41, 5.74) is 0. The van der Waals surface area contributed by atoms with E-state index in [-0.39, 0.29) is 6.10 Å². The Kier molecular flexibility index (Phi) is 13.8. The number of aliphatic hydroxyl groups is 1. The van der Waals surface area contributed by atoms with E-state index < -0.39 is 18.4 Å². The molecule has 0 spiro atoms. The third-order valence-electron chi connectivity index (χ3n) is 4.95. The van der Waals surface area contributed by atoms with Crippen molar-refractivity contribution < 1.29 is 5.11 Å². The predicted octanol–water partition coefficient (Wildman–Crippen LogP) is 6.65. The monoisotopic (exact) mass is 416 g/mol. The van der Waals surface area contributed by atoms with Crippen molar-refractivity contribution in [1.29, 1.82) is 0 Å². The average Bonchev–Trinajstić information content (AvgIpc) is 2.54. The van der Waals surface area contributed by atoms with Gasteiger partial charge in [-0.3, -0.25) is 0 Å². The molecule has 0 fully saturated rings. The molecule has 22 heavy (non-hydrogen) atoms. The van der Waals surface area contributed by atoms with Gasteiger partial charge < -0.3 is 0 Å². The van der Waals surface area contributed by atoms with Crippen LogP contribution >= 0.6 is 0 Å². The molecule has 0 aliphatic carbocycles. The van der Waals surface area contributed by atoms with Crippen LogP contribution in [0.4, 0.5) is 0 Å². The molecule has 0 heterocycles. The Balaban J connectivity index is 5.35. The van der Waals surface area contributed by atoms with E-state index in [0.717, 1.165) is 12.8 Å². The summed E-state index contributed by atoms with van der Waals surface area (Å²) in [4.78, 5) is 0. The standard InChI is InChI=1S/C8H13O.3C4H9.Sn/c1-3-5-7-8(9)6-4-2;3*1-3-4-2;/h3-4,8-9H,1,5,7H2,2H3;3*1,3-4H2,2H3;. The van der Waals surface area contributed by atoms with Gasteiger partial charge in [-0.15, -0.1) is 0 Å². The van der Waals surface area contributed by atoms with E-state index >= 15 is 0 Å². The van der Waals surface area contributed by atoms with Crippen LogP contribution in [0.5, 0.6) is 0 Å². The molecule has 0 aromatic heterocycles. The Morgan fingerprint density at radius 2 is 1.45 bits per heavy atom. The summed E-state index contributed by atoms with van der Waals surface area (Å²) in [7, 11) is 0. The Bertz CT molecular complexity index is 287. The molecule has 1 atom stereocenters. The molecule has 0 radical (unpaired) electrons. The molecule has 0 saturated carbocycles. The molecule has 0 amide bonds. The van der Waals surface area contributed by atoms with Gasteiger partial charge in [0.1, 0.15) is 0 Å². The van der Waals surface area contributed by atoms with Crippen LogP contribution in [-0.4, -0.2) is 29.6 Å². The number of unbranched alkanes of at least 4 members (excludes halogenated alkanes) is 3. The summed E-state index contributed by atoms with van der Waals surface area (Å²) in [6.07, 6.45) is 13.8. The first-order chi connectivity index (χ1) is 10.6. The van der Waals surface area contributed by atoms with E-state index in [2.05, 4.69) is 40.3 Å². The van der Waals surface area contributed by atoms with Crippen molar-refractivity contribution in [2.24, 2.45) is 0 Å². The second-order valence-electron chi connectivity index (χ2n) is 6.72. The number of hydrogen-bond donors (Lipinski definition) is 1. The molecule has 0 aliphatic heterocycles. The molecule has 1 nitrogen and oxygen atoms in total. The minimum atomic E-state index is -2.42. The Labute approximate surface area is 144 Å². The van der Waals surface area contributed by atoms with E-state index in [9.17, 15) is 5.11 Å². The zero-order chi connectivity index (χ0) is 16.8. The number of rotatable bonds is 14. The van der Waals surface area contributed by atoms with Crippen LogP contribution in [0.15, 0.2) is 22.3 Å². The molecule has 2 heteroatoms. The number of allylic oxidation sites excluding steroid dienone is 2. The quantitative estimate of drug-likeness (QED) is 0.249. The van der Waals surface area contributed by atoms with Crippen LogP contribution in [0.25, 0.3) is 0 Å². The van der Waals surface area contributed by atoms with Crippen LogP contribution in [0.1, 0.15) is 79.1 Å². The third kappa shape index (κ3) is 7.68. The first-order valence-corrected chi connectivity index (χ1v) is 17.1. The van der Waals surface area contributed by atoms with Gasteiger partial charge in [0.25, 0.3) is 0 Å². The fraction of sp³-hybridized carbons (Fsp3) is 0.800. The Morgan fingerprint density at radius 1 is 1.00 bits per heavy atom. The van der Waals surface area contributed by atoms with Crippen molar-refractivity contribution in [3.63, 3.8) is 0 Å². The first-order valence-electron chi connectivity index (χ1n) is 9.57. The van der Waals surface area contributed by atoms with Crippen LogP contribution in [0, 0.1) is 0 Å². The summed E-state index contributed by atoms with van der Waals surface area (Å²) in [6, 6.07) is 0. The Morgan fingerprint density at radius 3 is 1.77 bits per heavy atom. The second kappa shape index (κ2) is 13.7. The minimum absolute atomic E-state index is 0.204. The third-order valence-corrected chi connectivity index (χ3v) is 21.4. The van der Waals surface area contributed by atoms with Gasteiger partial charge in [-0.05, 0) is 0 Å². The predicted molar refractivity (Wildman–Crippen MR) is 104 cm³/mol. The van der Waals surface area contributed by atoms with Gasteiger partial charge in [0, 0.05) is 0 Å². The molecule has 0 aromatic carbocycles. The van der Waals surface area contributed by atoms with E-state index in [1.165, 1.54) is 55.4 Å². The van der Waals surface area contributed by atoms with Gasteiger partial charge in [0.2, 0.25) is 0 Å². The van der Waals surface area contributed by atoms with Gasteiger partial charge in [-0.2, -0.15) is 0 Å². The zero-order valence-corrected chi connectivity index (χ0v) is 18.5. The van der Waals surface area contributed by atoms with E-state index in [4.69, 9.17) is 0 Å². The van der Waals surface area contributed by atoms with E-state index in [0.29, 0.717) is 0 Å². The molecule has 0 saturated heterocycles. The summed E-state index contributed by atoms with van der Waals surface area (Å²) in [5, 5.41) is 10.8. The molecule has 0 bridgehead atoms. The van der Waals surface area contributed by atoms with Crippen molar-refractivity contribution in [2.75, 3.05) is 0 Å². The molecular formula is C20H40OSn. The maximum absolute atomic E-state index is 10.8. The van der Waals surface area contributed by atoms with Gasteiger partial charge in [-0.25, -0.2) is 0 Å². The number of aliphatic hydroxyl groups excluding tert-OH is 1. The van der Waals surface area contributed by atoms with Crippen LogP contribution < -0.4 is 0 Å². The van der Waals surface area contributed by atoms with Gasteiger partial charge in [0.05, 0.1) is 0 Å². The second-order valence-corrected chi connectivity index (χ2v) is 20.0. The molecule has 0 rings (SSSR count). The number of hydrogen-bond acceptors (Lipinski definition) is 1. The van der Waals surface area contributed by atoms with E-state index in [1.54, 1.807) is 0 Å². The summed E-state index contributed by atoms with van der Waals surface area (Å²) < 4.78 is 5.84. The van der Waals surface area contributed by atoms with Crippen LogP contribution in [0.3, 0.4) is 0 Å². The normalized spacial score (nSPS) is 14.1. The summed E-state index contributed by atoms with van der Waals surface area (Å²) in [5.74, 6) is 0. The summed E-state index contributed by atoms with van der Waals surface area (Å²) in [6.45, 7) is 12.9. The van der Waals surface area contributed by atoms with Crippen LogP contribution in [0.2, 0.25) is 13.3 Å². The average molecular weight is 415 g/mol. The summed E-state index contributed by atoms with van der Waals surface area (Å²) >= 11 is -2.42. The van der Waals surface area contributed by atoms with E-state index in [1.807, 2.05) is 6.08 Å². The maximum atomic E-state index is 10.8. The van der Waals surface area contributed by atoms with Crippen molar-refractivity contribution in [2.45, 2.75) is 98.5 Å². The first kappa shape index (κ1) is 22.2. The Hall–Kier alpha value is 0.239. The van der Waals surface area contributed by atoms with Gasteiger partial charge >= 0.3 is 144 Å².